The van der Waals surface area contributed by atoms with E-state index < -0.39 is 0 Å². The van der Waals surface area contributed by atoms with Crippen molar-refractivity contribution < 1.29 is 0 Å². The number of hydrogen-bond acceptors (Lipinski definition) is 2. The molecule has 2 atom stereocenters. The van der Waals surface area contributed by atoms with Crippen LogP contribution in [-0.2, 0) is 0 Å². The molecule has 5 heteroatoms. The van der Waals surface area contributed by atoms with E-state index in [0.717, 1.165) is 16.5 Å². The number of rotatable bonds is 4. The molecule has 4 aromatic rings. The summed E-state index contributed by atoms with van der Waals surface area (Å²) in [6.07, 6.45) is 1.85. The Kier molecular flexibility index (Phi) is 5.51. The van der Waals surface area contributed by atoms with Gasteiger partial charge in [-0.25, -0.2) is 0 Å². The minimum Gasteiger partial charge on any atom is -0.351 e. The van der Waals surface area contributed by atoms with Crippen LogP contribution in [0.5, 0.6) is 0 Å². The van der Waals surface area contributed by atoms with E-state index in [1.165, 1.54) is 33.8 Å². The highest BCUT2D eigenvalue weighted by Gasteiger charge is 2.42. The van der Waals surface area contributed by atoms with Crippen LogP contribution < -0.4 is 10.2 Å². The fourth-order valence-electron chi connectivity index (χ4n) is 4.98. The molecule has 0 amide bonds. The van der Waals surface area contributed by atoms with Gasteiger partial charge in [0.15, 0.2) is 5.11 Å². The highest BCUT2D eigenvalue weighted by atomic mass is 32.1. The summed E-state index contributed by atoms with van der Waals surface area (Å²) in [5.74, 6) is 0. The van der Waals surface area contributed by atoms with E-state index in [4.69, 9.17) is 12.2 Å². The summed E-state index contributed by atoms with van der Waals surface area (Å²) in [6, 6.07) is 25.5. The summed E-state index contributed by atoms with van der Waals surface area (Å²) < 4.78 is 2.34. The number of nitrogens with zero attached hydrogens (tertiary/aromatic N) is 3. The highest BCUT2D eigenvalue weighted by Crippen LogP contribution is 2.43. The highest BCUT2D eigenvalue weighted by molar-refractivity contribution is 7.80. The van der Waals surface area contributed by atoms with E-state index in [2.05, 4.69) is 108 Å². The Balaban J connectivity index is 1.69. The molecule has 1 aliphatic heterocycles. The zero-order valence-electron chi connectivity index (χ0n) is 19.4. The summed E-state index contributed by atoms with van der Waals surface area (Å²) in [7, 11) is 0. The van der Waals surface area contributed by atoms with Crippen molar-refractivity contribution in [2.45, 2.75) is 39.8 Å². The van der Waals surface area contributed by atoms with Gasteiger partial charge in [0.05, 0.1) is 17.8 Å². The summed E-state index contributed by atoms with van der Waals surface area (Å²) in [5.41, 5.74) is 9.39. The molecular formula is C28H28N4S. The second kappa shape index (κ2) is 8.49. The molecule has 0 unspecified atom stereocenters. The first kappa shape index (κ1) is 21.4. The van der Waals surface area contributed by atoms with E-state index in [-0.39, 0.29) is 12.1 Å². The van der Waals surface area contributed by atoms with Gasteiger partial charge < -0.3 is 14.8 Å². The van der Waals surface area contributed by atoms with Crippen LogP contribution in [0.25, 0.3) is 5.69 Å². The smallest absolute Gasteiger partial charge is 0.174 e. The van der Waals surface area contributed by atoms with Gasteiger partial charge >= 0.3 is 0 Å². The molecule has 3 heterocycles. The van der Waals surface area contributed by atoms with Crippen LogP contribution in [0, 0.1) is 27.7 Å². The zero-order valence-corrected chi connectivity index (χ0v) is 20.2. The maximum Gasteiger partial charge on any atom is 0.174 e. The van der Waals surface area contributed by atoms with Gasteiger partial charge in [-0.3, -0.25) is 4.98 Å². The predicted molar refractivity (Wildman–Crippen MR) is 139 cm³/mol. The molecule has 0 radical (unpaired) electrons. The molecule has 0 spiro atoms. The molecule has 1 N–H and O–H groups in total. The Labute approximate surface area is 200 Å². The van der Waals surface area contributed by atoms with Crippen molar-refractivity contribution >= 4 is 23.0 Å². The standard InChI is InChI=1S/C28H28N4S/c1-18-9-7-11-22(15-18)31-20(3)17-24(21(31)4)27-26(25-13-5-6-14-29-25)30-28(33)32(27)23-12-8-10-19(2)16-23/h5-17,26-27H,1-4H3,(H,30,33)/t26-,27+/m1/s1. The molecule has 0 aliphatic carbocycles. The van der Waals surface area contributed by atoms with Crippen LogP contribution in [0.3, 0.4) is 0 Å². The monoisotopic (exact) mass is 452 g/mol. The lowest BCUT2D eigenvalue weighted by atomic mass is 9.96. The first-order valence-electron chi connectivity index (χ1n) is 11.3. The van der Waals surface area contributed by atoms with Crippen molar-refractivity contribution in [3.63, 3.8) is 0 Å². The zero-order chi connectivity index (χ0) is 23.1. The van der Waals surface area contributed by atoms with Gasteiger partial charge in [-0.2, -0.15) is 0 Å². The fourth-order valence-corrected chi connectivity index (χ4v) is 5.32. The molecule has 0 saturated carbocycles. The van der Waals surface area contributed by atoms with Gasteiger partial charge in [0.2, 0.25) is 0 Å². The number of hydrogen-bond donors (Lipinski definition) is 1. The van der Waals surface area contributed by atoms with Crippen LogP contribution in [0.2, 0.25) is 0 Å². The minimum atomic E-state index is -0.0503. The summed E-state index contributed by atoms with van der Waals surface area (Å²) in [6.45, 7) is 8.63. The van der Waals surface area contributed by atoms with Crippen molar-refractivity contribution in [3.8, 4) is 5.69 Å². The molecule has 5 rings (SSSR count). The van der Waals surface area contributed by atoms with E-state index in [9.17, 15) is 0 Å². The molecular weight excluding hydrogens is 424 g/mol. The lowest BCUT2D eigenvalue weighted by Crippen LogP contribution is -2.29. The quantitative estimate of drug-likeness (QED) is 0.369. The molecule has 33 heavy (non-hydrogen) atoms. The van der Waals surface area contributed by atoms with Crippen LogP contribution in [-0.4, -0.2) is 14.7 Å². The Hall–Kier alpha value is -3.44. The van der Waals surface area contributed by atoms with Gasteiger partial charge in [-0.1, -0.05) is 30.3 Å². The maximum atomic E-state index is 5.89. The second-order valence-electron chi connectivity index (χ2n) is 8.84. The first-order chi connectivity index (χ1) is 15.9. The van der Waals surface area contributed by atoms with Crippen molar-refractivity contribution in [3.05, 3.63) is 113 Å². The van der Waals surface area contributed by atoms with Gasteiger partial charge in [0.1, 0.15) is 0 Å². The van der Waals surface area contributed by atoms with E-state index in [1.807, 2.05) is 18.3 Å². The number of aryl methyl sites for hydroxylation is 3. The molecule has 1 aliphatic rings. The second-order valence-corrected chi connectivity index (χ2v) is 9.22. The van der Waals surface area contributed by atoms with Gasteiger partial charge in [-0.15, -0.1) is 0 Å². The van der Waals surface area contributed by atoms with Gasteiger partial charge in [0.25, 0.3) is 0 Å². The Morgan fingerprint density at radius 2 is 1.52 bits per heavy atom. The number of thiocarbonyl (C=S) groups is 1. The summed E-state index contributed by atoms with van der Waals surface area (Å²) in [4.78, 5) is 6.94. The largest absolute Gasteiger partial charge is 0.351 e. The Bertz CT molecular complexity index is 1320. The third kappa shape index (κ3) is 3.83. The van der Waals surface area contributed by atoms with Crippen molar-refractivity contribution in [2.24, 2.45) is 0 Å². The molecule has 2 aromatic carbocycles. The normalized spacial score (nSPS) is 17.9. The maximum absolute atomic E-state index is 5.89. The van der Waals surface area contributed by atoms with Crippen LogP contribution >= 0.6 is 12.2 Å². The van der Waals surface area contributed by atoms with E-state index in [0.29, 0.717) is 0 Å². The number of pyridine rings is 1. The van der Waals surface area contributed by atoms with Crippen molar-refractivity contribution in [2.75, 3.05) is 4.90 Å². The molecule has 1 fully saturated rings. The third-order valence-electron chi connectivity index (χ3n) is 6.43. The number of aromatic nitrogens is 2. The van der Waals surface area contributed by atoms with Crippen LogP contribution in [0.4, 0.5) is 5.69 Å². The number of anilines is 1. The lowest BCUT2D eigenvalue weighted by molar-refractivity contribution is 0.565. The van der Waals surface area contributed by atoms with E-state index in [1.54, 1.807) is 0 Å². The van der Waals surface area contributed by atoms with Gasteiger partial charge in [-0.05, 0) is 99.1 Å². The first-order valence-corrected chi connectivity index (χ1v) is 11.7. The minimum absolute atomic E-state index is 0.0149. The average Bonchev–Trinajstić information content (AvgIpc) is 3.29. The van der Waals surface area contributed by atoms with Gasteiger partial charge in [0, 0.05) is 29.0 Å². The van der Waals surface area contributed by atoms with Crippen molar-refractivity contribution in [1.29, 1.82) is 0 Å². The van der Waals surface area contributed by atoms with Crippen LogP contribution in [0.15, 0.2) is 79.0 Å². The Morgan fingerprint density at radius 3 is 2.18 bits per heavy atom. The fraction of sp³-hybridized carbons (Fsp3) is 0.214. The summed E-state index contributed by atoms with van der Waals surface area (Å²) in [5, 5.41) is 4.30. The van der Waals surface area contributed by atoms with Crippen molar-refractivity contribution in [1.82, 2.24) is 14.9 Å². The molecule has 2 aromatic heterocycles. The Morgan fingerprint density at radius 1 is 0.818 bits per heavy atom. The number of nitrogens with one attached hydrogen (secondary N) is 1. The van der Waals surface area contributed by atoms with Crippen LogP contribution in [0.1, 0.15) is 45.9 Å². The third-order valence-corrected chi connectivity index (χ3v) is 6.74. The molecule has 1 saturated heterocycles. The predicted octanol–water partition coefficient (Wildman–Crippen LogP) is 6.28. The lowest BCUT2D eigenvalue weighted by Gasteiger charge is -2.28. The number of benzene rings is 2. The molecule has 0 bridgehead atoms. The average molecular weight is 453 g/mol. The van der Waals surface area contributed by atoms with E-state index >= 15 is 0 Å². The SMILES string of the molecule is Cc1cccc(N2C(=S)N[C@H](c3ccccn3)[C@@H]2c2cc(C)n(-c3cccc(C)c3)c2C)c1. The molecule has 166 valence electrons. The molecule has 4 nitrogen and oxygen atoms in total. The topological polar surface area (TPSA) is 33.1 Å². The summed E-state index contributed by atoms with van der Waals surface area (Å²) >= 11 is 5.89.